The molecule has 1 aliphatic heterocycles. The zero-order chi connectivity index (χ0) is 12.0. The second-order valence-corrected chi connectivity index (χ2v) is 4.36. The second-order valence-electron chi connectivity index (χ2n) is 4.36. The summed E-state index contributed by atoms with van der Waals surface area (Å²) in [5.74, 6) is 0.458. The summed E-state index contributed by atoms with van der Waals surface area (Å²) in [6.45, 7) is 6.44. The fraction of sp³-hybridized carbons (Fsp3) is 0.833. The Bertz CT molecular complexity index is 245. The predicted molar refractivity (Wildman–Crippen MR) is 63.8 cm³/mol. The van der Waals surface area contributed by atoms with Gasteiger partial charge in [-0.2, -0.15) is 0 Å². The molecule has 92 valence electrons. The van der Waals surface area contributed by atoms with Crippen molar-refractivity contribution < 1.29 is 9.53 Å². The lowest BCUT2D eigenvalue weighted by molar-refractivity contribution is -0.129. The summed E-state index contributed by atoms with van der Waals surface area (Å²) < 4.78 is 5.37. The first kappa shape index (κ1) is 13.2. The average molecular weight is 226 g/mol. The first-order valence-corrected chi connectivity index (χ1v) is 6.05. The van der Waals surface area contributed by atoms with Gasteiger partial charge in [0, 0.05) is 38.2 Å². The molecule has 1 N–H and O–H groups in total. The number of carbonyl (C=O) groups is 1. The minimum Gasteiger partial charge on any atom is -0.376 e. The van der Waals surface area contributed by atoms with Crippen LogP contribution in [-0.2, 0) is 9.53 Å². The fourth-order valence-corrected chi connectivity index (χ4v) is 1.99. The highest BCUT2D eigenvalue weighted by Crippen LogP contribution is 2.18. The van der Waals surface area contributed by atoms with Crippen LogP contribution >= 0.6 is 0 Å². The summed E-state index contributed by atoms with van der Waals surface area (Å²) in [7, 11) is 0. The molecule has 0 aromatic heterocycles. The summed E-state index contributed by atoms with van der Waals surface area (Å²) in [5, 5.41) is 7.91. The van der Waals surface area contributed by atoms with Crippen molar-refractivity contribution in [3.05, 3.63) is 0 Å². The lowest BCUT2D eigenvalue weighted by atomic mass is 9.92. The molecule has 0 saturated carbocycles. The molecule has 0 spiro atoms. The monoisotopic (exact) mass is 226 g/mol. The third-order valence-electron chi connectivity index (χ3n) is 3.04. The molecule has 0 aromatic rings. The Hall–Kier alpha value is -0.900. The van der Waals surface area contributed by atoms with Crippen LogP contribution in [0, 0.1) is 11.3 Å². The Labute approximate surface area is 97.5 Å². The van der Waals surface area contributed by atoms with E-state index in [1.807, 2.05) is 4.90 Å². The van der Waals surface area contributed by atoms with E-state index in [-0.39, 0.29) is 5.91 Å². The molecular formula is C12H22N2O2. The number of nitrogens with zero attached hydrogens (tertiary/aromatic N) is 1. The Kier molecular flexibility index (Phi) is 5.46. The Morgan fingerprint density at radius 1 is 1.44 bits per heavy atom. The number of rotatable bonds is 5. The van der Waals surface area contributed by atoms with Crippen LogP contribution < -0.4 is 0 Å². The topological polar surface area (TPSA) is 53.4 Å². The Balaban J connectivity index is 2.25. The maximum atomic E-state index is 11.1. The summed E-state index contributed by atoms with van der Waals surface area (Å²) in [6.07, 6.45) is 2.82. The van der Waals surface area contributed by atoms with E-state index < -0.39 is 0 Å². The van der Waals surface area contributed by atoms with E-state index in [0.29, 0.717) is 18.2 Å². The van der Waals surface area contributed by atoms with Gasteiger partial charge in [0.25, 0.3) is 0 Å². The highest BCUT2D eigenvalue weighted by atomic mass is 16.5. The molecule has 1 saturated heterocycles. The van der Waals surface area contributed by atoms with Crippen molar-refractivity contribution in [2.75, 3.05) is 26.3 Å². The van der Waals surface area contributed by atoms with Crippen LogP contribution in [0.25, 0.3) is 0 Å². The molecule has 0 unspecified atom stereocenters. The Morgan fingerprint density at radius 3 is 2.56 bits per heavy atom. The summed E-state index contributed by atoms with van der Waals surface area (Å²) in [4.78, 5) is 13.0. The van der Waals surface area contributed by atoms with Crippen molar-refractivity contribution in [3.8, 4) is 0 Å². The largest absolute Gasteiger partial charge is 0.376 e. The molecule has 0 atom stereocenters. The molecule has 0 radical (unpaired) electrons. The van der Waals surface area contributed by atoms with Crippen LogP contribution in [0.15, 0.2) is 0 Å². The number of likely N-dealkylation sites (tertiary alicyclic amines) is 1. The fourth-order valence-electron chi connectivity index (χ4n) is 1.99. The average Bonchev–Trinajstić information content (AvgIpc) is 2.29. The van der Waals surface area contributed by atoms with Crippen molar-refractivity contribution in [3.63, 3.8) is 0 Å². The first-order chi connectivity index (χ1) is 7.65. The number of piperidine rings is 1. The van der Waals surface area contributed by atoms with Crippen LogP contribution in [0.5, 0.6) is 0 Å². The normalized spacial score (nSPS) is 17.5. The molecule has 4 nitrogen and oxygen atoms in total. The number of nitrogens with one attached hydrogen (secondary N) is 1. The van der Waals surface area contributed by atoms with Gasteiger partial charge in [0.1, 0.15) is 0 Å². The van der Waals surface area contributed by atoms with Crippen molar-refractivity contribution in [2.24, 2.45) is 5.92 Å². The minimum absolute atomic E-state index is 0.146. The third kappa shape index (κ3) is 3.93. The van der Waals surface area contributed by atoms with Gasteiger partial charge in [-0.3, -0.25) is 4.79 Å². The van der Waals surface area contributed by atoms with E-state index in [2.05, 4.69) is 6.92 Å². The lowest BCUT2D eigenvalue weighted by Crippen LogP contribution is -2.39. The number of carbonyl (C=O) groups excluding carboxylic acids is 1. The van der Waals surface area contributed by atoms with E-state index >= 15 is 0 Å². The number of amides is 1. The minimum atomic E-state index is 0.146. The highest BCUT2D eigenvalue weighted by Gasteiger charge is 2.23. The van der Waals surface area contributed by atoms with Gasteiger partial charge in [-0.1, -0.05) is 6.92 Å². The van der Waals surface area contributed by atoms with E-state index in [1.165, 1.54) is 0 Å². The van der Waals surface area contributed by atoms with Crippen LogP contribution in [0.1, 0.15) is 33.1 Å². The quantitative estimate of drug-likeness (QED) is 0.573. The molecule has 1 amide bonds. The summed E-state index contributed by atoms with van der Waals surface area (Å²) in [6, 6.07) is 0. The molecule has 4 heteroatoms. The van der Waals surface area contributed by atoms with Crippen molar-refractivity contribution in [2.45, 2.75) is 33.1 Å². The van der Waals surface area contributed by atoms with Crippen molar-refractivity contribution in [1.82, 2.24) is 4.90 Å². The third-order valence-corrected chi connectivity index (χ3v) is 3.04. The maximum Gasteiger partial charge on any atom is 0.219 e. The standard InChI is InChI=1S/C12H22N2O2/c1-3-8-16-9-12(13)11-4-6-14(7-5-11)10(2)15/h11,13H,3-9H2,1-2H3. The number of hydrogen-bond acceptors (Lipinski definition) is 3. The van der Waals surface area contributed by atoms with Gasteiger partial charge in [-0.15, -0.1) is 0 Å². The molecule has 1 rings (SSSR count). The van der Waals surface area contributed by atoms with Crippen LogP contribution in [0.3, 0.4) is 0 Å². The molecule has 16 heavy (non-hydrogen) atoms. The van der Waals surface area contributed by atoms with Crippen molar-refractivity contribution in [1.29, 1.82) is 5.41 Å². The highest BCUT2D eigenvalue weighted by molar-refractivity contribution is 5.85. The molecule has 0 bridgehead atoms. The number of ether oxygens (including phenoxy) is 1. The Morgan fingerprint density at radius 2 is 2.06 bits per heavy atom. The zero-order valence-electron chi connectivity index (χ0n) is 10.3. The first-order valence-electron chi connectivity index (χ1n) is 6.05. The molecule has 0 aliphatic carbocycles. The smallest absolute Gasteiger partial charge is 0.219 e. The number of hydrogen-bond donors (Lipinski definition) is 1. The van der Waals surface area contributed by atoms with Gasteiger partial charge in [-0.25, -0.2) is 0 Å². The summed E-state index contributed by atoms with van der Waals surface area (Å²) in [5.41, 5.74) is 0.691. The van der Waals surface area contributed by atoms with Gasteiger partial charge >= 0.3 is 0 Å². The SMILES string of the molecule is CCCOCC(=N)C1CCN(C(C)=O)CC1. The van der Waals surface area contributed by atoms with Gasteiger partial charge in [-0.05, 0) is 19.3 Å². The molecule has 1 aliphatic rings. The van der Waals surface area contributed by atoms with E-state index in [4.69, 9.17) is 10.1 Å². The lowest BCUT2D eigenvalue weighted by Gasteiger charge is -2.31. The van der Waals surface area contributed by atoms with Gasteiger partial charge < -0.3 is 15.0 Å². The molecule has 1 fully saturated rings. The van der Waals surface area contributed by atoms with Crippen LogP contribution in [-0.4, -0.2) is 42.8 Å². The van der Waals surface area contributed by atoms with E-state index in [0.717, 1.165) is 39.0 Å². The van der Waals surface area contributed by atoms with E-state index in [9.17, 15) is 4.79 Å². The summed E-state index contributed by atoms with van der Waals surface area (Å²) >= 11 is 0. The van der Waals surface area contributed by atoms with Crippen molar-refractivity contribution >= 4 is 11.6 Å². The van der Waals surface area contributed by atoms with Crippen LogP contribution in [0.2, 0.25) is 0 Å². The van der Waals surface area contributed by atoms with Crippen LogP contribution in [0.4, 0.5) is 0 Å². The second kappa shape index (κ2) is 6.63. The maximum absolute atomic E-state index is 11.1. The van der Waals surface area contributed by atoms with E-state index in [1.54, 1.807) is 6.92 Å². The zero-order valence-corrected chi connectivity index (χ0v) is 10.3. The molecule has 1 heterocycles. The predicted octanol–water partition coefficient (Wildman–Crippen LogP) is 1.69. The molecular weight excluding hydrogens is 204 g/mol. The molecule has 0 aromatic carbocycles. The van der Waals surface area contributed by atoms with Gasteiger partial charge in [0.2, 0.25) is 5.91 Å². The van der Waals surface area contributed by atoms with Gasteiger partial charge in [0.15, 0.2) is 0 Å². The van der Waals surface area contributed by atoms with Gasteiger partial charge in [0.05, 0.1) is 6.61 Å².